The highest BCUT2D eigenvalue weighted by atomic mass is 35.5. The Labute approximate surface area is 109 Å². The van der Waals surface area contributed by atoms with E-state index in [1.807, 2.05) is 0 Å². The first-order valence-corrected chi connectivity index (χ1v) is 5.62. The molecule has 1 heterocycles. The average Bonchev–Trinajstić information content (AvgIpc) is 2.40. The van der Waals surface area contributed by atoms with E-state index in [-0.39, 0.29) is 0 Å². The Morgan fingerprint density at radius 3 is 2.83 bits per heavy atom. The van der Waals surface area contributed by atoms with Gasteiger partial charge in [0.2, 0.25) is 0 Å². The van der Waals surface area contributed by atoms with Gasteiger partial charge >= 0.3 is 0 Å². The highest BCUT2D eigenvalue weighted by Crippen LogP contribution is 2.33. The molecule has 0 aliphatic rings. The maximum atomic E-state index is 13.2. The van der Waals surface area contributed by atoms with E-state index in [0.29, 0.717) is 21.9 Å². The number of pyridine rings is 1. The molecule has 2 rings (SSSR count). The Hall–Kier alpha value is -1.65. The number of nitrogens with zero attached hydrogens (tertiary/aromatic N) is 1. The van der Waals surface area contributed by atoms with Gasteiger partial charge in [-0.1, -0.05) is 11.6 Å². The monoisotopic (exact) mass is 267 g/mol. The van der Waals surface area contributed by atoms with Crippen LogP contribution in [0.1, 0.15) is 17.2 Å². The van der Waals surface area contributed by atoms with Crippen LogP contribution in [0.15, 0.2) is 36.7 Å². The summed E-state index contributed by atoms with van der Waals surface area (Å²) in [5.74, 6) is -0.0354. The number of halogens is 2. The summed E-state index contributed by atoms with van der Waals surface area (Å²) in [6.45, 7) is 0. The SMILES string of the molecule is COc1cnccc1C(O)c1cc(F)ccc1Cl. The second-order valence-corrected chi connectivity index (χ2v) is 4.09. The van der Waals surface area contributed by atoms with Crippen molar-refractivity contribution in [3.8, 4) is 5.75 Å². The number of hydrogen-bond donors (Lipinski definition) is 1. The molecule has 1 atom stereocenters. The Balaban J connectivity index is 2.47. The molecule has 1 unspecified atom stereocenters. The average molecular weight is 268 g/mol. The predicted molar refractivity (Wildman–Crippen MR) is 66.3 cm³/mol. The molecular formula is C13H11ClFNO2. The molecule has 0 bridgehead atoms. The van der Waals surface area contributed by atoms with Gasteiger partial charge in [-0.05, 0) is 24.3 Å². The number of benzene rings is 1. The largest absolute Gasteiger partial charge is 0.495 e. The quantitative estimate of drug-likeness (QED) is 0.930. The molecule has 5 heteroatoms. The molecule has 1 N–H and O–H groups in total. The fraction of sp³-hybridized carbons (Fsp3) is 0.154. The third kappa shape index (κ3) is 2.44. The molecule has 0 saturated heterocycles. The summed E-state index contributed by atoms with van der Waals surface area (Å²) in [7, 11) is 1.47. The number of rotatable bonds is 3. The fourth-order valence-electron chi connectivity index (χ4n) is 1.68. The van der Waals surface area contributed by atoms with E-state index < -0.39 is 11.9 Å². The summed E-state index contributed by atoms with van der Waals surface area (Å²) in [6, 6.07) is 5.45. The van der Waals surface area contributed by atoms with E-state index in [1.165, 1.54) is 37.7 Å². The Bertz CT molecular complexity index is 562. The van der Waals surface area contributed by atoms with E-state index in [1.54, 1.807) is 6.07 Å². The molecule has 18 heavy (non-hydrogen) atoms. The molecule has 1 aromatic heterocycles. The van der Waals surface area contributed by atoms with Gasteiger partial charge in [0.1, 0.15) is 17.7 Å². The van der Waals surface area contributed by atoms with Crippen molar-refractivity contribution in [2.24, 2.45) is 0 Å². The molecule has 94 valence electrons. The second kappa shape index (κ2) is 5.33. The van der Waals surface area contributed by atoms with Crippen LogP contribution in [0.5, 0.6) is 5.75 Å². The maximum Gasteiger partial charge on any atom is 0.143 e. The second-order valence-electron chi connectivity index (χ2n) is 3.69. The molecule has 3 nitrogen and oxygen atoms in total. The number of aromatic nitrogens is 1. The number of hydrogen-bond acceptors (Lipinski definition) is 3. The van der Waals surface area contributed by atoms with Crippen molar-refractivity contribution in [2.45, 2.75) is 6.10 Å². The van der Waals surface area contributed by atoms with Gasteiger partial charge in [0, 0.05) is 22.3 Å². The first-order valence-electron chi connectivity index (χ1n) is 5.24. The van der Waals surface area contributed by atoms with Crippen LogP contribution in [0.3, 0.4) is 0 Å². The Morgan fingerprint density at radius 2 is 2.11 bits per heavy atom. The van der Waals surface area contributed by atoms with Crippen molar-refractivity contribution in [1.82, 2.24) is 4.98 Å². The van der Waals surface area contributed by atoms with E-state index >= 15 is 0 Å². The van der Waals surface area contributed by atoms with Crippen LogP contribution < -0.4 is 4.74 Å². The van der Waals surface area contributed by atoms with Gasteiger partial charge in [-0.2, -0.15) is 0 Å². The zero-order valence-electron chi connectivity index (χ0n) is 9.60. The molecule has 0 amide bonds. The lowest BCUT2D eigenvalue weighted by Crippen LogP contribution is -2.04. The van der Waals surface area contributed by atoms with Crippen molar-refractivity contribution in [1.29, 1.82) is 0 Å². The van der Waals surface area contributed by atoms with Crippen LogP contribution in [0.2, 0.25) is 5.02 Å². The molecule has 0 radical (unpaired) electrons. The van der Waals surface area contributed by atoms with E-state index in [9.17, 15) is 9.50 Å². The molecular weight excluding hydrogens is 257 g/mol. The molecule has 2 aromatic rings. The van der Waals surface area contributed by atoms with Crippen LogP contribution in [0.25, 0.3) is 0 Å². The van der Waals surface area contributed by atoms with Crippen LogP contribution in [-0.2, 0) is 0 Å². The highest BCUT2D eigenvalue weighted by Gasteiger charge is 2.18. The van der Waals surface area contributed by atoms with Gasteiger partial charge in [-0.25, -0.2) is 4.39 Å². The fourth-order valence-corrected chi connectivity index (χ4v) is 1.90. The molecule has 0 aliphatic carbocycles. The summed E-state index contributed by atoms with van der Waals surface area (Å²) in [5.41, 5.74) is 0.779. The molecule has 1 aromatic carbocycles. The van der Waals surface area contributed by atoms with Crippen LogP contribution in [0.4, 0.5) is 4.39 Å². The molecule has 0 aliphatic heterocycles. The molecule has 0 spiro atoms. The topological polar surface area (TPSA) is 42.4 Å². The van der Waals surface area contributed by atoms with Crippen LogP contribution in [-0.4, -0.2) is 17.2 Å². The zero-order valence-corrected chi connectivity index (χ0v) is 10.4. The summed E-state index contributed by atoms with van der Waals surface area (Å²) < 4.78 is 18.3. The van der Waals surface area contributed by atoms with Crippen LogP contribution in [0, 0.1) is 5.82 Å². The number of ether oxygens (including phenoxy) is 1. The minimum Gasteiger partial charge on any atom is -0.495 e. The maximum absolute atomic E-state index is 13.2. The first-order chi connectivity index (χ1) is 8.63. The number of aliphatic hydroxyl groups excluding tert-OH is 1. The van der Waals surface area contributed by atoms with Crippen molar-refractivity contribution >= 4 is 11.6 Å². The summed E-state index contributed by atoms with van der Waals surface area (Å²) in [4.78, 5) is 3.89. The first kappa shape index (κ1) is 12.8. The van der Waals surface area contributed by atoms with Crippen molar-refractivity contribution < 1.29 is 14.2 Å². The van der Waals surface area contributed by atoms with Gasteiger partial charge in [-0.3, -0.25) is 4.98 Å². The third-order valence-corrected chi connectivity index (χ3v) is 2.93. The van der Waals surface area contributed by atoms with E-state index in [4.69, 9.17) is 16.3 Å². The van der Waals surface area contributed by atoms with Gasteiger partial charge in [0.25, 0.3) is 0 Å². The normalized spacial score (nSPS) is 12.2. The zero-order chi connectivity index (χ0) is 13.1. The smallest absolute Gasteiger partial charge is 0.143 e. The lowest BCUT2D eigenvalue weighted by atomic mass is 10.0. The predicted octanol–water partition coefficient (Wildman–Crippen LogP) is 2.96. The lowest BCUT2D eigenvalue weighted by Gasteiger charge is -2.15. The van der Waals surface area contributed by atoms with Crippen molar-refractivity contribution in [3.63, 3.8) is 0 Å². The number of aliphatic hydroxyl groups is 1. The van der Waals surface area contributed by atoms with Gasteiger partial charge in [0.05, 0.1) is 13.3 Å². The summed E-state index contributed by atoms with van der Waals surface area (Å²) in [5, 5.41) is 10.5. The standard InChI is InChI=1S/C13H11ClFNO2/c1-18-12-7-16-5-4-9(12)13(17)10-6-8(15)2-3-11(10)14/h2-7,13,17H,1H3. The van der Waals surface area contributed by atoms with Crippen LogP contribution >= 0.6 is 11.6 Å². The molecule has 0 saturated carbocycles. The molecule has 0 fully saturated rings. The Kier molecular flexibility index (Phi) is 3.79. The lowest BCUT2D eigenvalue weighted by molar-refractivity contribution is 0.214. The minimum absolute atomic E-state index is 0.293. The van der Waals surface area contributed by atoms with E-state index in [2.05, 4.69) is 4.98 Å². The van der Waals surface area contributed by atoms with Crippen molar-refractivity contribution in [3.05, 3.63) is 58.6 Å². The summed E-state index contributed by atoms with van der Waals surface area (Å²) >= 11 is 5.95. The van der Waals surface area contributed by atoms with Gasteiger partial charge < -0.3 is 9.84 Å². The third-order valence-electron chi connectivity index (χ3n) is 2.58. The van der Waals surface area contributed by atoms with Crippen molar-refractivity contribution in [2.75, 3.05) is 7.11 Å². The Morgan fingerprint density at radius 1 is 1.33 bits per heavy atom. The highest BCUT2D eigenvalue weighted by molar-refractivity contribution is 6.31. The van der Waals surface area contributed by atoms with Gasteiger partial charge in [0.15, 0.2) is 0 Å². The summed E-state index contributed by atoms with van der Waals surface area (Å²) in [6.07, 6.45) is 1.94. The minimum atomic E-state index is -1.06. The van der Waals surface area contributed by atoms with Gasteiger partial charge in [-0.15, -0.1) is 0 Å². The van der Waals surface area contributed by atoms with E-state index in [0.717, 1.165) is 0 Å². The number of methoxy groups -OCH3 is 1.